The zero-order chi connectivity index (χ0) is 18.1. The second-order valence-corrected chi connectivity index (χ2v) is 6.07. The van der Waals surface area contributed by atoms with E-state index in [2.05, 4.69) is 15.7 Å². The van der Waals surface area contributed by atoms with E-state index in [4.69, 9.17) is 0 Å². The number of carbonyl (C=O) groups excluding carboxylic acids is 1. The summed E-state index contributed by atoms with van der Waals surface area (Å²) in [4.78, 5) is 12.1. The molecular weight excluding hydrogens is 338 g/mol. The van der Waals surface area contributed by atoms with Crippen molar-refractivity contribution >= 4 is 5.91 Å². The first-order chi connectivity index (χ1) is 12.6. The molecule has 0 saturated carbocycles. The average Bonchev–Trinajstić information content (AvgIpc) is 3.10. The minimum Gasteiger partial charge on any atom is -0.347 e. The van der Waals surface area contributed by atoms with Gasteiger partial charge in [0, 0.05) is 23.7 Å². The highest BCUT2D eigenvalue weighted by molar-refractivity contribution is 5.94. The number of nitrogens with zero attached hydrogens (tertiary/aromatic N) is 2. The summed E-state index contributed by atoms with van der Waals surface area (Å²) in [5.41, 5.74) is 2.38. The van der Waals surface area contributed by atoms with Gasteiger partial charge in [-0.1, -0.05) is 36.4 Å². The fourth-order valence-electron chi connectivity index (χ4n) is 2.97. The van der Waals surface area contributed by atoms with Gasteiger partial charge in [-0.05, 0) is 12.1 Å². The van der Waals surface area contributed by atoms with E-state index in [0.29, 0.717) is 23.5 Å². The molecule has 2 aromatic carbocycles. The van der Waals surface area contributed by atoms with Gasteiger partial charge in [0.05, 0.1) is 12.2 Å². The number of hydrogen-bond acceptors (Lipinski definition) is 3. The summed E-state index contributed by atoms with van der Waals surface area (Å²) in [5, 5.41) is 10.5. The number of fused-ring (bicyclic) bond motifs is 1. The third kappa shape index (κ3) is 3.09. The highest BCUT2D eigenvalue weighted by Gasteiger charge is 2.27. The molecule has 1 aromatic heterocycles. The molecule has 26 heavy (non-hydrogen) atoms. The van der Waals surface area contributed by atoms with Gasteiger partial charge in [-0.2, -0.15) is 5.10 Å². The first kappa shape index (κ1) is 16.4. The van der Waals surface area contributed by atoms with Crippen molar-refractivity contribution in [3.63, 3.8) is 0 Å². The molecule has 0 unspecified atom stereocenters. The molecule has 0 bridgehead atoms. The first-order valence-electron chi connectivity index (χ1n) is 8.22. The number of aromatic nitrogens is 2. The van der Waals surface area contributed by atoms with Crippen LogP contribution in [0, 0.1) is 11.6 Å². The lowest BCUT2D eigenvalue weighted by Gasteiger charge is -2.25. The van der Waals surface area contributed by atoms with Gasteiger partial charge in [-0.3, -0.25) is 10.1 Å². The molecule has 0 spiro atoms. The van der Waals surface area contributed by atoms with Gasteiger partial charge in [0.1, 0.15) is 23.5 Å². The van der Waals surface area contributed by atoms with E-state index in [9.17, 15) is 13.6 Å². The summed E-state index contributed by atoms with van der Waals surface area (Å²) in [6.45, 7) is 0.511. The van der Waals surface area contributed by atoms with Crippen LogP contribution < -0.4 is 10.6 Å². The Morgan fingerprint density at radius 3 is 2.73 bits per heavy atom. The summed E-state index contributed by atoms with van der Waals surface area (Å²) in [6, 6.07) is 14.8. The van der Waals surface area contributed by atoms with Gasteiger partial charge in [0.2, 0.25) is 0 Å². The Bertz CT molecular complexity index is 955. The zero-order valence-corrected chi connectivity index (χ0v) is 13.7. The van der Waals surface area contributed by atoms with Crippen LogP contribution in [0.3, 0.4) is 0 Å². The standard InChI is InChI=1S/C19H16F2N4O/c20-14-7-6-13(15(21)8-14)10-22-18-11-23-19(26)17-9-16(24-25(17)18)12-4-2-1-3-5-12/h1-9,18,22H,10-11H2,(H,23,26)/t18-/m0/s1. The van der Waals surface area contributed by atoms with Crippen LogP contribution in [0.5, 0.6) is 0 Å². The summed E-state index contributed by atoms with van der Waals surface area (Å²) in [5.74, 6) is -1.42. The number of halogens is 2. The molecule has 3 aromatic rings. The maximum Gasteiger partial charge on any atom is 0.269 e. The van der Waals surface area contributed by atoms with Gasteiger partial charge in [0.15, 0.2) is 0 Å². The molecule has 132 valence electrons. The van der Waals surface area contributed by atoms with E-state index in [-0.39, 0.29) is 18.6 Å². The summed E-state index contributed by atoms with van der Waals surface area (Å²) < 4.78 is 28.5. The minimum absolute atomic E-state index is 0.187. The van der Waals surface area contributed by atoms with Crippen LogP contribution >= 0.6 is 0 Å². The fraction of sp³-hybridized carbons (Fsp3) is 0.158. The Hall–Kier alpha value is -3.06. The average molecular weight is 354 g/mol. The van der Waals surface area contributed by atoms with Gasteiger partial charge >= 0.3 is 0 Å². The number of hydrogen-bond donors (Lipinski definition) is 2. The van der Waals surface area contributed by atoms with Crippen LogP contribution in [0.4, 0.5) is 8.78 Å². The maximum atomic E-state index is 13.8. The van der Waals surface area contributed by atoms with Crippen LogP contribution in [-0.2, 0) is 6.54 Å². The second-order valence-electron chi connectivity index (χ2n) is 6.07. The predicted octanol–water partition coefficient (Wildman–Crippen LogP) is 2.86. The Morgan fingerprint density at radius 2 is 1.96 bits per heavy atom. The highest BCUT2D eigenvalue weighted by atomic mass is 19.1. The molecule has 2 N–H and O–H groups in total. The molecular formula is C19H16F2N4O. The SMILES string of the molecule is O=C1NC[C@@H](NCc2ccc(F)cc2F)n2nc(-c3ccccc3)cc21. The van der Waals surface area contributed by atoms with Gasteiger partial charge in [-0.25, -0.2) is 13.5 Å². The molecule has 7 heteroatoms. The van der Waals surface area contributed by atoms with Crippen molar-refractivity contribution in [3.8, 4) is 11.3 Å². The third-order valence-corrected chi connectivity index (χ3v) is 4.33. The smallest absolute Gasteiger partial charge is 0.269 e. The summed E-state index contributed by atoms with van der Waals surface area (Å²) in [7, 11) is 0. The molecule has 0 radical (unpaired) electrons. The van der Waals surface area contributed by atoms with E-state index in [0.717, 1.165) is 11.6 Å². The molecule has 1 aliphatic heterocycles. The van der Waals surface area contributed by atoms with E-state index < -0.39 is 11.6 Å². The monoisotopic (exact) mass is 354 g/mol. The molecule has 1 aliphatic rings. The third-order valence-electron chi connectivity index (χ3n) is 4.33. The fourth-order valence-corrected chi connectivity index (χ4v) is 2.97. The number of amides is 1. The Morgan fingerprint density at radius 1 is 1.15 bits per heavy atom. The quantitative estimate of drug-likeness (QED) is 0.757. The van der Waals surface area contributed by atoms with Crippen molar-refractivity contribution in [2.24, 2.45) is 0 Å². The minimum atomic E-state index is -0.613. The van der Waals surface area contributed by atoms with Crippen molar-refractivity contribution in [3.05, 3.63) is 77.5 Å². The van der Waals surface area contributed by atoms with Gasteiger partial charge in [0.25, 0.3) is 5.91 Å². The number of rotatable bonds is 4. The molecule has 2 heterocycles. The van der Waals surface area contributed by atoms with E-state index in [1.807, 2.05) is 30.3 Å². The number of nitrogens with one attached hydrogen (secondary N) is 2. The number of carbonyl (C=O) groups is 1. The normalized spacial score (nSPS) is 16.2. The van der Waals surface area contributed by atoms with E-state index >= 15 is 0 Å². The maximum absolute atomic E-state index is 13.8. The van der Waals surface area contributed by atoms with Crippen LogP contribution in [-0.4, -0.2) is 22.2 Å². The highest BCUT2D eigenvalue weighted by Crippen LogP contribution is 2.23. The van der Waals surface area contributed by atoms with Crippen molar-refractivity contribution in [1.29, 1.82) is 0 Å². The molecule has 0 saturated heterocycles. The Kier molecular flexibility index (Phi) is 4.22. The van der Waals surface area contributed by atoms with Gasteiger partial charge < -0.3 is 5.32 Å². The lowest BCUT2D eigenvalue weighted by atomic mass is 10.1. The van der Waals surface area contributed by atoms with Crippen molar-refractivity contribution in [1.82, 2.24) is 20.4 Å². The Balaban J connectivity index is 1.59. The Labute approximate surface area is 148 Å². The van der Waals surface area contributed by atoms with Crippen molar-refractivity contribution in [2.75, 3.05) is 6.54 Å². The molecule has 0 aliphatic carbocycles. The van der Waals surface area contributed by atoms with Gasteiger partial charge in [-0.15, -0.1) is 0 Å². The topological polar surface area (TPSA) is 59.0 Å². The predicted molar refractivity (Wildman–Crippen MR) is 92.2 cm³/mol. The zero-order valence-electron chi connectivity index (χ0n) is 13.7. The first-order valence-corrected chi connectivity index (χ1v) is 8.22. The van der Waals surface area contributed by atoms with E-state index in [1.54, 1.807) is 10.7 Å². The molecule has 5 nitrogen and oxygen atoms in total. The molecule has 0 fully saturated rings. The van der Waals surface area contributed by atoms with Crippen LogP contribution in [0.2, 0.25) is 0 Å². The summed E-state index contributed by atoms with van der Waals surface area (Å²) >= 11 is 0. The van der Waals surface area contributed by atoms with Crippen LogP contribution in [0.1, 0.15) is 22.2 Å². The number of benzene rings is 2. The van der Waals surface area contributed by atoms with E-state index in [1.165, 1.54) is 12.1 Å². The molecule has 1 amide bonds. The second kappa shape index (κ2) is 6.68. The van der Waals surface area contributed by atoms with Crippen molar-refractivity contribution < 1.29 is 13.6 Å². The van der Waals surface area contributed by atoms with Crippen molar-refractivity contribution in [2.45, 2.75) is 12.7 Å². The summed E-state index contributed by atoms with van der Waals surface area (Å²) in [6.07, 6.45) is -0.329. The lowest BCUT2D eigenvalue weighted by molar-refractivity contribution is 0.0900. The van der Waals surface area contributed by atoms with Crippen LogP contribution in [0.15, 0.2) is 54.6 Å². The largest absolute Gasteiger partial charge is 0.347 e. The molecule has 1 atom stereocenters. The molecule has 4 rings (SSSR count). The van der Waals surface area contributed by atoms with Crippen LogP contribution in [0.25, 0.3) is 11.3 Å². The lowest BCUT2D eigenvalue weighted by Crippen LogP contribution is -2.45.